The van der Waals surface area contributed by atoms with Crippen LogP contribution in [0.4, 0.5) is 5.88 Å². The number of benzene rings is 1. The summed E-state index contributed by atoms with van der Waals surface area (Å²) in [6.45, 7) is 2.80. The number of hydrogen-bond acceptors (Lipinski definition) is 2. The molecule has 2 aromatic rings. The average molecular weight is 230 g/mol. The lowest BCUT2D eigenvalue weighted by molar-refractivity contribution is 0.628. The SMILES string of the molecule is CCNc1cc2c(Cl)ccc(Cl)c2o1. The molecule has 1 heterocycles. The van der Waals surface area contributed by atoms with Crippen molar-refractivity contribution in [1.82, 2.24) is 0 Å². The predicted molar refractivity (Wildman–Crippen MR) is 60.4 cm³/mol. The first-order valence-electron chi connectivity index (χ1n) is 4.33. The van der Waals surface area contributed by atoms with Gasteiger partial charge in [0, 0.05) is 18.0 Å². The molecule has 0 aliphatic rings. The highest BCUT2D eigenvalue weighted by Gasteiger charge is 2.09. The highest BCUT2D eigenvalue weighted by molar-refractivity contribution is 6.39. The number of anilines is 1. The second-order valence-corrected chi connectivity index (χ2v) is 3.73. The second-order valence-electron chi connectivity index (χ2n) is 2.91. The van der Waals surface area contributed by atoms with Gasteiger partial charge < -0.3 is 9.73 Å². The number of furan rings is 1. The van der Waals surface area contributed by atoms with E-state index >= 15 is 0 Å². The first-order chi connectivity index (χ1) is 6.72. The van der Waals surface area contributed by atoms with E-state index in [1.807, 2.05) is 13.0 Å². The lowest BCUT2D eigenvalue weighted by Crippen LogP contribution is -1.93. The van der Waals surface area contributed by atoms with Gasteiger partial charge in [-0.3, -0.25) is 0 Å². The molecule has 1 N–H and O–H groups in total. The number of nitrogens with one attached hydrogen (secondary N) is 1. The van der Waals surface area contributed by atoms with Gasteiger partial charge in [0.25, 0.3) is 0 Å². The third-order valence-corrected chi connectivity index (χ3v) is 2.56. The standard InChI is InChI=1S/C10H9Cl2NO/c1-2-13-9-5-6-7(11)3-4-8(12)10(6)14-9/h3-5,13H,2H2,1H3. The van der Waals surface area contributed by atoms with Gasteiger partial charge in [-0.05, 0) is 19.1 Å². The summed E-state index contributed by atoms with van der Waals surface area (Å²) >= 11 is 12.0. The van der Waals surface area contributed by atoms with Crippen molar-refractivity contribution in [3.8, 4) is 0 Å². The Kier molecular flexibility index (Phi) is 2.57. The third kappa shape index (κ3) is 1.56. The van der Waals surface area contributed by atoms with Crippen LogP contribution < -0.4 is 5.32 Å². The van der Waals surface area contributed by atoms with Gasteiger partial charge in [-0.1, -0.05) is 23.2 Å². The van der Waals surface area contributed by atoms with E-state index in [2.05, 4.69) is 5.32 Å². The van der Waals surface area contributed by atoms with Crippen LogP contribution in [0.3, 0.4) is 0 Å². The molecule has 2 rings (SSSR count). The Hall–Kier alpha value is -0.860. The fourth-order valence-corrected chi connectivity index (χ4v) is 1.73. The van der Waals surface area contributed by atoms with E-state index in [1.165, 1.54) is 0 Å². The Bertz CT molecular complexity index is 425. The van der Waals surface area contributed by atoms with E-state index in [0.717, 1.165) is 11.9 Å². The molecule has 0 fully saturated rings. The molecule has 0 saturated heterocycles. The molecule has 0 unspecified atom stereocenters. The number of rotatable bonds is 2. The molecule has 0 aliphatic heterocycles. The zero-order valence-electron chi connectivity index (χ0n) is 7.60. The first-order valence-corrected chi connectivity index (χ1v) is 5.09. The molecule has 4 heteroatoms. The van der Waals surface area contributed by atoms with Gasteiger partial charge >= 0.3 is 0 Å². The number of halogens is 2. The Morgan fingerprint density at radius 2 is 2.00 bits per heavy atom. The highest BCUT2D eigenvalue weighted by atomic mass is 35.5. The summed E-state index contributed by atoms with van der Waals surface area (Å²) in [5.74, 6) is 0.692. The summed E-state index contributed by atoms with van der Waals surface area (Å²) in [6, 6.07) is 5.34. The summed E-state index contributed by atoms with van der Waals surface area (Å²) in [5, 5.41) is 5.14. The van der Waals surface area contributed by atoms with E-state index in [0.29, 0.717) is 21.5 Å². The Balaban J connectivity index is 2.63. The van der Waals surface area contributed by atoms with Gasteiger partial charge in [-0.2, -0.15) is 0 Å². The Labute approximate surface area is 91.8 Å². The van der Waals surface area contributed by atoms with Crippen LogP contribution in [0.25, 0.3) is 11.0 Å². The van der Waals surface area contributed by atoms with Crippen LogP contribution in [0.5, 0.6) is 0 Å². The van der Waals surface area contributed by atoms with Crippen molar-refractivity contribution in [1.29, 1.82) is 0 Å². The molecular weight excluding hydrogens is 221 g/mol. The van der Waals surface area contributed by atoms with Crippen molar-refractivity contribution >= 4 is 40.1 Å². The molecule has 1 aromatic heterocycles. The van der Waals surface area contributed by atoms with Crippen LogP contribution in [0.15, 0.2) is 22.6 Å². The van der Waals surface area contributed by atoms with E-state index in [9.17, 15) is 0 Å². The lowest BCUT2D eigenvalue weighted by Gasteiger charge is -1.94. The molecule has 0 amide bonds. The van der Waals surface area contributed by atoms with Gasteiger partial charge in [0.15, 0.2) is 11.5 Å². The molecule has 0 aliphatic carbocycles. The summed E-state index contributed by atoms with van der Waals surface area (Å²) in [7, 11) is 0. The van der Waals surface area contributed by atoms with E-state index in [-0.39, 0.29) is 0 Å². The molecule has 0 atom stereocenters. The molecule has 0 spiro atoms. The minimum Gasteiger partial charge on any atom is -0.439 e. The monoisotopic (exact) mass is 229 g/mol. The maximum atomic E-state index is 6.00. The summed E-state index contributed by atoms with van der Waals surface area (Å²) in [5.41, 5.74) is 0.634. The predicted octanol–water partition coefficient (Wildman–Crippen LogP) is 4.17. The molecular formula is C10H9Cl2NO. The lowest BCUT2D eigenvalue weighted by atomic mass is 10.2. The maximum Gasteiger partial charge on any atom is 0.194 e. The molecule has 74 valence electrons. The molecule has 2 nitrogen and oxygen atoms in total. The fourth-order valence-electron chi connectivity index (χ4n) is 1.32. The Morgan fingerprint density at radius 3 is 2.64 bits per heavy atom. The van der Waals surface area contributed by atoms with Crippen molar-refractivity contribution in [2.75, 3.05) is 11.9 Å². The van der Waals surface area contributed by atoms with Gasteiger partial charge in [-0.15, -0.1) is 0 Å². The molecule has 0 radical (unpaired) electrons. The van der Waals surface area contributed by atoms with Gasteiger partial charge in [0.1, 0.15) is 0 Å². The number of hydrogen-bond donors (Lipinski definition) is 1. The zero-order chi connectivity index (χ0) is 10.1. The van der Waals surface area contributed by atoms with Crippen LogP contribution >= 0.6 is 23.2 Å². The van der Waals surface area contributed by atoms with Crippen molar-refractivity contribution in [3.63, 3.8) is 0 Å². The van der Waals surface area contributed by atoms with Crippen LogP contribution in [0.2, 0.25) is 10.0 Å². The molecule has 0 bridgehead atoms. The van der Waals surface area contributed by atoms with Crippen molar-refractivity contribution in [3.05, 3.63) is 28.2 Å². The van der Waals surface area contributed by atoms with Crippen molar-refractivity contribution < 1.29 is 4.42 Å². The summed E-state index contributed by atoms with van der Waals surface area (Å²) in [4.78, 5) is 0. The van der Waals surface area contributed by atoms with E-state index in [4.69, 9.17) is 27.6 Å². The smallest absolute Gasteiger partial charge is 0.194 e. The van der Waals surface area contributed by atoms with Crippen molar-refractivity contribution in [2.45, 2.75) is 6.92 Å². The van der Waals surface area contributed by atoms with E-state index in [1.54, 1.807) is 12.1 Å². The molecule has 1 aromatic carbocycles. The zero-order valence-corrected chi connectivity index (χ0v) is 9.12. The second kappa shape index (κ2) is 3.71. The normalized spacial score (nSPS) is 10.8. The van der Waals surface area contributed by atoms with Gasteiger partial charge in [0.2, 0.25) is 0 Å². The summed E-state index contributed by atoms with van der Waals surface area (Å²) in [6.07, 6.45) is 0. The topological polar surface area (TPSA) is 25.2 Å². The van der Waals surface area contributed by atoms with Crippen LogP contribution in [0.1, 0.15) is 6.92 Å². The minimum atomic E-state index is 0.577. The quantitative estimate of drug-likeness (QED) is 0.837. The Morgan fingerprint density at radius 1 is 1.29 bits per heavy atom. The minimum absolute atomic E-state index is 0.577. The number of fused-ring (bicyclic) bond motifs is 1. The van der Waals surface area contributed by atoms with Gasteiger partial charge in [0.05, 0.1) is 10.0 Å². The van der Waals surface area contributed by atoms with Crippen LogP contribution in [-0.4, -0.2) is 6.54 Å². The largest absolute Gasteiger partial charge is 0.439 e. The fraction of sp³-hybridized carbons (Fsp3) is 0.200. The van der Waals surface area contributed by atoms with Crippen LogP contribution in [-0.2, 0) is 0 Å². The maximum absolute atomic E-state index is 6.00. The van der Waals surface area contributed by atoms with Crippen LogP contribution in [0, 0.1) is 0 Å². The highest BCUT2D eigenvalue weighted by Crippen LogP contribution is 2.34. The van der Waals surface area contributed by atoms with E-state index < -0.39 is 0 Å². The summed E-state index contributed by atoms with van der Waals surface area (Å²) < 4.78 is 5.49. The molecule has 14 heavy (non-hydrogen) atoms. The third-order valence-electron chi connectivity index (χ3n) is 1.93. The average Bonchev–Trinajstić information content (AvgIpc) is 2.57. The van der Waals surface area contributed by atoms with Gasteiger partial charge in [-0.25, -0.2) is 0 Å². The van der Waals surface area contributed by atoms with Crippen molar-refractivity contribution in [2.24, 2.45) is 0 Å². The molecule has 0 saturated carbocycles. The first kappa shape index (κ1) is 9.69.